The van der Waals surface area contributed by atoms with E-state index in [1.807, 2.05) is 0 Å². The van der Waals surface area contributed by atoms with Crippen LogP contribution in [0.5, 0.6) is 0 Å². The van der Waals surface area contributed by atoms with E-state index in [4.69, 9.17) is 34.8 Å². The van der Waals surface area contributed by atoms with E-state index in [2.05, 4.69) is 0 Å². The second-order valence-electron chi connectivity index (χ2n) is 5.46. The van der Waals surface area contributed by atoms with Gasteiger partial charge in [-0.2, -0.15) is 4.31 Å². The van der Waals surface area contributed by atoms with Gasteiger partial charge in [0.15, 0.2) is 0 Å². The molecule has 0 atom stereocenters. The topological polar surface area (TPSA) is 57.7 Å². The van der Waals surface area contributed by atoms with Crippen molar-refractivity contribution < 1.29 is 13.2 Å². The molecule has 24 heavy (non-hydrogen) atoms. The molecule has 130 valence electrons. The van der Waals surface area contributed by atoms with Crippen molar-refractivity contribution in [3.8, 4) is 0 Å². The molecule has 2 heterocycles. The van der Waals surface area contributed by atoms with Gasteiger partial charge in [0, 0.05) is 41.3 Å². The van der Waals surface area contributed by atoms with Crippen molar-refractivity contribution in [2.24, 2.45) is 0 Å². The third-order valence-electron chi connectivity index (χ3n) is 3.84. The minimum Gasteiger partial charge on any atom is -0.335 e. The van der Waals surface area contributed by atoms with Gasteiger partial charge in [0.25, 0.3) is 5.91 Å². The molecule has 1 aliphatic heterocycles. The second kappa shape index (κ2) is 6.63. The standard InChI is InChI=1S/C14H13Cl3N2O3S2/c1-24(21,22)19-4-2-18(3-5-19)14(20)13-12(17)11-9(16)6-8(15)7-10(11)23-13/h6-7H,2-5H2,1H3. The van der Waals surface area contributed by atoms with E-state index in [1.54, 1.807) is 17.0 Å². The molecule has 3 rings (SSSR count). The van der Waals surface area contributed by atoms with Crippen LogP contribution in [0.1, 0.15) is 9.67 Å². The summed E-state index contributed by atoms with van der Waals surface area (Å²) < 4.78 is 25.2. The van der Waals surface area contributed by atoms with Gasteiger partial charge in [0.1, 0.15) is 4.88 Å². The maximum atomic E-state index is 12.8. The van der Waals surface area contributed by atoms with Crippen LogP contribution in [0.2, 0.25) is 15.1 Å². The summed E-state index contributed by atoms with van der Waals surface area (Å²) in [5.74, 6) is -0.221. The molecule has 0 aliphatic carbocycles. The van der Waals surface area contributed by atoms with E-state index in [0.717, 1.165) is 4.70 Å². The monoisotopic (exact) mass is 426 g/mol. The lowest BCUT2D eigenvalue weighted by atomic mass is 10.2. The Kier molecular flexibility index (Phi) is 5.03. The van der Waals surface area contributed by atoms with Crippen LogP contribution in [0.15, 0.2) is 12.1 Å². The van der Waals surface area contributed by atoms with E-state index in [-0.39, 0.29) is 19.0 Å². The lowest BCUT2D eigenvalue weighted by Crippen LogP contribution is -2.50. The Morgan fingerprint density at radius 3 is 2.33 bits per heavy atom. The first kappa shape index (κ1) is 18.2. The molecule has 0 bridgehead atoms. The molecule has 0 N–H and O–H groups in total. The Morgan fingerprint density at radius 2 is 1.75 bits per heavy atom. The number of halogens is 3. The zero-order valence-electron chi connectivity index (χ0n) is 12.6. The van der Waals surface area contributed by atoms with Gasteiger partial charge in [-0.1, -0.05) is 34.8 Å². The minimum atomic E-state index is -3.24. The largest absolute Gasteiger partial charge is 0.335 e. The number of amides is 1. The van der Waals surface area contributed by atoms with Gasteiger partial charge in [-0.3, -0.25) is 4.79 Å². The molecule has 2 aromatic rings. The van der Waals surface area contributed by atoms with Crippen molar-refractivity contribution in [1.29, 1.82) is 0 Å². The van der Waals surface area contributed by atoms with Crippen molar-refractivity contribution >= 4 is 72.2 Å². The zero-order chi connectivity index (χ0) is 17.6. The molecule has 1 saturated heterocycles. The number of fused-ring (bicyclic) bond motifs is 1. The third-order valence-corrected chi connectivity index (χ3v) is 7.27. The smallest absolute Gasteiger partial charge is 0.265 e. The summed E-state index contributed by atoms with van der Waals surface area (Å²) >= 11 is 19.8. The quantitative estimate of drug-likeness (QED) is 0.736. The fourth-order valence-corrected chi connectivity index (χ4v) is 5.78. The molecular weight excluding hydrogens is 415 g/mol. The SMILES string of the molecule is CS(=O)(=O)N1CCN(C(=O)c2sc3cc(Cl)cc(Cl)c3c2Cl)CC1. The first-order chi connectivity index (χ1) is 11.2. The summed E-state index contributed by atoms with van der Waals surface area (Å²) in [6.07, 6.45) is 1.17. The molecule has 1 aromatic heterocycles. The van der Waals surface area contributed by atoms with E-state index in [0.29, 0.717) is 38.4 Å². The van der Waals surface area contributed by atoms with Crippen molar-refractivity contribution in [1.82, 2.24) is 9.21 Å². The van der Waals surface area contributed by atoms with E-state index in [1.165, 1.54) is 21.9 Å². The van der Waals surface area contributed by atoms with E-state index >= 15 is 0 Å². The number of carbonyl (C=O) groups is 1. The summed E-state index contributed by atoms with van der Waals surface area (Å²) in [6, 6.07) is 3.31. The van der Waals surface area contributed by atoms with Crippen LogP contribution < -0.4 is 0 Å². The molecule has 1 aliphatic rings. The Morgan fingerprint density at radius 1 is 1.12 bits per heavy atom. The van der Waals surface area contributed by atoms with Gasteiger partial charge in [0.05, 0.1) is 16.3 Å². The van der Waals surface area contributed by atoms with E-state index < -0.39 is 10.0 Å². The minimum absolute atomic E-state index is 0.221. The fraction of sp³-hybridized carbons (Fsp3) is 0.357. The molecular formula is C14H13Cl3N2O3S2. The normalized spacial score (nSPS) is 16.8. The van der Waals surface area contributed by atoms with Gasteiger partial charge < -0.3 is 4.90 Å². The summed E-state index contributed by atoms with van der Waals surface area (Å²) in [5, 5.41) is 1.81. The number of carbonyl (C=O) groups excluding carboxylic acids is 1. The van der Waals surface area contributed by atoms with Crippen molar-refractivity contribution in [2.75, 3.05) is 32.4 Å². The van der Waals surface area contributed by atoms with Crippen LogP contribution in [-0.2, 0) is 10.0 Å². The van der Waals surface area contributed by atoms with E-state index in [9.17, 15) is 13.2 Å². The van der Waals surface area contributed by atoms with Crippen molar-refractivity contribution in [3.63, 3.8) is 0 Å². The van der Waals surface area contributed by atoms with Crippen LogP contribution in [0.25, 0.3) is 10.1 Å². The van der Waals surface area contributed by atoms with Crippen LogP contribution in [0.4, 0.5) is 0 Å². The zero-order valence-corrected chi connectivity index (χ0v) is 16.5. The van der Waals surface area contributed by atoms with Crippen LogP contribution in [-0.4, -0.2) is 56.0 Å². The maximum absolute atomic E-state index is 12.8. The Balaban J connectivity index is 1.88. The lowest BCUT2D eigenvalue weighted by Gasteiger charge is -2.33. The van der Waals surface area contributed by atoms with Crippen molar-refractivity contribution in [3.05, 3.63) is 32.1 Å². The lowest BCUT2D eigenvalue weighted by molar-refractivity contribution is 0.0703. The number of hydrogen-bond acceptors (Lipinski definition) is 4. The average molecular weight is 428 g/mol. The fourth-order valence-electron chi connectivity index (χ4n) is 2.62. The number of thiophene rings is 1. The number of piperazine rings is 1. The Bertz CT molecular complexity index is 919. The highest BCUT2D eigenvalue weighted by Crippen LogP contribution is 2.41. The molecule has 0 unspecified atom stereocenters. The maximum Gasteiger partial charge on any atom is 0.265 e. The highest BCUT2D eigenvalue weighted by Gasteiger charge is 2.29. The summed E-state index contributed by atoms with van der Waals surface area (Å²) in [6.45, 7) is 1.20. The van der Waals surface area contributed by atoms with Crippen molar-refractivity contribution in [2.45, 2.75) is 0 Å². The third kappa shape index (κ3) is 3.38. The number of nitrogens with zero attached hydrogens (tertiary/aromatic N) is 2. The molecule has 1 aromatic carbocycles. The Hall–Kier alpha value is -0.570. The van der Waals surface area contributed by atoms with Gasteiger partial charge in [-0.25, -0.2) is 8.42 Å². The molecule has 0 saturated carbocycles. The number of hydrogen-bond donors (Lipinski definition) is 0. The Labute approximate surface area is 158 Å². The first-order valence-electron chi connectivity index (χ1n) is 7.00. The van der Waals surface area contributed by atoms with Gasteiger partial charge in [0.2, 0.25) is 10.0 Å². The molecule has 10 heteroatoms. The highest BCUT2D eigenvalue weighted by atomic mass is 35.5. The molecule has 0 radical (unpaired) electrons. The van der Waals surface area contributed by atoms with Gasteiger partial charge in [-0.05, 0) is 12.1 Å². The molecule has 1 amide bonds. The summed E-state index contributed by atoms with van der Waals surface area (Å²) in [5.41, 5.74) is 0. The number of sulfonamides is 1. The highest BCUT2D eigenvalue weighted by molar-refractivity contribution is 7.88. The molecule has 5 nitrogen and oxygen atoms in total. The average Bonchev–Trinajstić information content (AvgIpc) is 2.82. The molecule has 1 fully saturated rings. The van der Waals surface area contributed by atoms with Gasteiger partial charge >= 0.3 is 0 Å². The predicted molar refractivity (Wildman–Crippen MR) is 99.2 cm³/mol. The van der Waals surface area contributed by atoms with Crippen LogP contribution >= 0.6 is 46.1 Å². The first-order valence-corrected chi connectivity index (χ1v) is 10.8. The predicted octanol–water partition coefficient (Wildman–Crippen LogP) is 3.58. The van der Waals surface area contributed by atoms with Crippen LogP contribution in [0, 0.1) is 0 Å². The molecule has 0 spiro atoms. The number of benzene rings is 1. The van der Waals surface area contributed by atoms with Gasteiger partial charge in [-0.15, -0.1) is 11.3 Å². The summed E-state index contributed by atoms with van der Waals surface area (Å²) in [4.78, 5) is 14.7. The second-order valence-corrected chi connectivity index (χ2v) is 9.72. The summed E-state index contributed by atoms with van der Waals surface area (Å²) in [7, 11) is -3.24. The van der Waals surface area contributed by atoms with Crippen LogP contribution in [0.3, 0.4) is 0 Å². The number of rotatable bonds is 2.